The van der Waals surface area contributed by atoms with E-state index in [0.717, 1.165) is 4.90 Å². The number of likely N-dealkylation sites (N-methyl/N-ethyl adjacent to an activating group) is 1. The molecule has 15 heavy (non-hydrogen) atoms. The van der Waals surface area contributed by atoms with Crippen molar-refractivity contribution in [1.29, 1.82) is 0 Å². The van der Waals surface area contributed by atoms with Crippen molar-refractivity contribution in [2.45, 2.75) is 32.0 Å². The molecule has 5 nitrogen and oxygen atoms in total. The van der Waals surface area contributed by atoms with Crippen LogP contribution in [0.4, 0.5) is 4.79 Å². The molecule has 1 heterocycles. The molecule has 0 aliphatic carbocycles. The molecule has 0 saturated carbocycles. The first-order valence-electron chi connectivity index (χ1n) is 4.67. The van der Waals surface area contributed by atoms with Crippen LogP contribution in [0, 0.1) is 0 Å². The lowest BCUT2D eigenvalue weighted by atomic mass is 10.3. The van der Waals surface area contributed by atoms with Gasteiger partial charge in [0.25, 0.3) is 0 Å². The Hall–Kier alpha value is -0.460. The van der Waals surface area contributed by atoms with Gasteiger partial charge in [-0.1, -0.05) is 0 Å². The van der Waals surface area contributed by atoms with Crippen LogP contribution < -0.4 is 0 Å². The molecule has 1 amide bonds. The summed E-state index contributed by atoms with van der Waals surface area (Å²) in [5.74, 6) is 0.000486. The summed E-state index contributed by atoms with van der Waals surface area (Å²) in [5, 5.41) is 8.88. The van der Waals surface area contributed by atoms with E-state index in [2.05, 4.69) is 0 Å². The maximum Gasteiger partial charge on any atom is 0.409 e. The molecular weight excluding hydrogens is 218 g/mol. The largest absolute Gasteiger partial charge is 0.465 e. The van der Waals surface area contributed by atoms with Gasteiger partial charge < -0.3 is 14.6 Å². The van der Waals surface area contributed by atoms with Crippen LogP contribution in [-0.2, 0) is 9.47 Å². The maximum atomic E-state index is 10.8. The van der Waals surface area contributed by atoms with Crippen molar-refractivity contribution in [1.82, 2.24) is 4.90 Å². The molecule has 0 aromatic carbocycles. The van der Waals surface area contributed by atoms with E-state index in [1.165, 1.54) is 7.05 Å². The van der Waals surface area contributed by atoms with Crippen LogP contribution in [0.3, 0.4) is 0 Å². The lowest BCUT2D eigenvalue weighted by Gasteiger charge is -2.24. The van der Waals surface area contributed by atoms with Crippen molar-refractivity contribution in [2.24, 2.45) is 0 Å². The highest BCUT2D eigenvalue weighted by atomic mass is 32.2. The molecule has 2 atom stereocenters. The van der Waals surface area contributed by atoms with Crippen LogP contribution >= 0.6 is 11.8 Å². The molecule has 6 heteroatoms. The number of carbonyl (C=O) groups is 1. The number of hydrogen-bond acceptors (Lipinski definition) is 4. The zero-order chi connectivity index (χ0) is 11.6. The van der Waals surface area contributed by atoms with Gasteiger partial charge >= 0.3 is 6.09 Å². The summed E-state index contributed by atoms with van der Waals surface area (Å²) >= 11 is 1.61. The summed E-state index contributed by atoms with van der Waals surface area (Å²) in [5.41, 5.74) is 0. The number of thioether (sulfide) groups is 1. The minimum atomic E-state index is -1.01. The van der Waals surface area contributed by atoms with Crippen LogP contribution in [0.15, 0.2) is 0 Å². The zero-order valence-electron chi connectivity index (χ0n) is 9.39. The summed E-state index contributed by atoms with van der Waals surface area (Å²) in [6.45, 7) is 3.58. The van der Waals surface area contributed by atoms with E-state index < -0.39 is 18.1 Å². The van der Waals surface area contributed by atoms with Gasteiger partial charge in [0.05, 0.1) is 0 Å². The molecular formula is C9H17NO4S. The minimum absolute atomic E-state index is 0.212. The number of amides is 1. The summed E-state index contributed by atoms with van der Waals surface area (Å²) in [7, 11) is 1.49. The van der Waals surface area contributed by atoms with Gasteiger partial charge in [-0.3, -0.25) is 4.90 Å². The summed E-state index contributed by atoms with van der Waals surface area (Å²) in [6, 6.07) is 0. The first-order chi connectivity index (χ1) is 6.87. The number of hydrogen-bond donors (Lipinski definition) is 1. The van der Waals surface area contributed by atoms with E-state index >= 15 is 0 Å². The molecule has 1 saturated heterocycles. The number of rotatable bonds is 3. The Morgan fingerprint density at radius 2 is 2.13 bits per heavy atom. The maximum absolute atomic E-state index is 10.8. The third-order valence-electron chi connectivity index (χ3n) is 2.17. The fraction of sp³-hybridized carbons (Fsp3) is 0.889. The van der Waals surface area contributed by atoms with Crippen molar-refractivity contribution >= 4 is 17.9 Å². The lowest BCUT2D eigenvalue weighted by molar-refractivity contribution is -0.156. The molecule has 0 bridgehead atoms. The predicted molar refractivity (Wildman–Crippen MR) is 58.0 cm³/mol. The molecule has 1 rings (SSSR count). The minimum Gasteiger partial charge on any atom is -0.465 e. The van der Waals surface area contributed by atoms with E-state index in [9.17, 15) is 4.79 Å². The molecule has 1 aliphatic heterocycles. The van der Waals surface area contributed by atoms with Crippen LogP contribution in [0.2, 0.25) is 0 Å². The van der Waals surface area contributed by atoms with E-state index in [1.54, 1.807) is 25.6 Å². The number of nitrogens with zero attached hydrogens (tertiary/aromatic N) is 1. The molecule has 0 radical (unpaired) electrons. The number of ether oxygens (including phenoxy) is 2. The van der Waals surface area contributed by atoms with Crippen molar-refractivity contribution in [2.75, 3.05) is 19.1 Å². The van der Waals surface area contributed by atoms with Crippen LogP contribution in [0.1, 0.15) is 13.8 Å². The van der Waals surface area contributed by atoms with Crippen molar-refractivity contribution in [3.05, 3.63) is 0 Å². The smallest absolute Gasteiger partial charge is 0.409 e. The van der Waals surface area contributed by atoms with E-state index in [0.29, 0.717) is 5.75 Å². The Labute approximate surface area is 93.7 Å². The van der Waals surface area contributed by atoms with Crippen molar-refractivity contribution < 1.29 is 19.4 Å². The Balaban J connectivity index is 2.72. The van der Waals surface area contributed by atoms with Gasteiger partial charge in [-0.25, -0.2) is 4.79 Å². The van der Waals surface area contributed by atoms with Crippen LogP contribution in [0.25, 0.3) is 0 Å². The van der Waals surface area contributed by atoms with Gasteiger partial charge in [0.15, 0.2) is 12.0 Å². The average molecular weight is 235 g/mol. The van der Waals surface area contributed by atoms with Gasteiger partial charge in [0.2, 0.25) is 0 Å². The van der Waals surface area contributed by atoms with Gasteiger partial charge in [-0.05, 0) is 20.1 Å². The predicted octanol–water partition coefficient (Wildman–Crippen LogP) is 1.44. The normalized spacial score (nSPS) is 29.1. The highest BCUT2D eigenvalue weighted by Gasteiger charge is 2.44. The zero-order valence-corrected chi connectivity index (χ0v) is 10.2. The molecule has 1 fully saturated rings. The number of carboxylic acid groups (broad SMARTS) is 1. The first kappa shape index (κ1) is 12.6. The third kappa shape index (κ3) is 2.99. The Morgan fingerprint density at radius 3 is 2.60 bits per heavy atom. The molecule has 0 aromatic heterocycles. The molecule has 0 aromatic rings. The fourth-order valence-electron chi connectivity index (χ4n) is 1.54. The standard InChI is InChI=1S/C9H17NO4S/c1-9(2)13-6(5-15-4)7(14-9)10(3)8(11)12/h6-7H,5H2,1-4H3,(H,11,12)/t6-,7-/m1/s1. The summed E-state index contributed by atoms with van der Waals surface area (Å²) in [6.07, 6.45) is 0.209. The molecule has 0 spiro atoms. The lowest BCUT2D eigenvalue weighted by Crippen LogP contribution is -2.43. The quantitative estimate of drug-likeness (QED) is 0.802. The molecule has 1 N–H and O–H groups in total. The SMILES string of the molecule is CSC[C@H]1OC(C)(C)O[C@H]1N(C)C(=O)O. The monoisotopic (exact) mass is 235 g/mol. The summed E-state index contributed by atoms with van der Waals surface area (Å²) < 4.78 is 11.2. The van der Waals surface area contributed by atoms with Crippen molar-refractivity contribution in [3.8, 4) is 0 Å². The Kier molecular flexibility index (Phi) is 3.86. The van der Waals surface area contributed by atoms with Gasteiger partial charge in [0.1, 0.15) is 6.10 Å². The van der Waals surface area contributed by atoms with Crippen molar-refractivity contribution in [3.63, 3.8) is 0 Å². The average Bonchev–Trinajstić information content (AvgIpc) is 2.40. The van der Waals surface area contributed by atoms with E-state index in [4.69, 9.17) is 14.6 Å². The fourth-order valence-corrected chi connectivity index (χ4v) is 2.10. The Bertz CT molecular complexity index is 246. The van der Waals surface area contributed by atoms with E-state index in [-0.39, 0.29) is 6.10 Å². The topological polar surface area (TPSA) is 59.0 Å². The summed E-state index contributed by atoms with van der Waals surface area (Å²) in [4.78, 5) is 12.0. The molecule has 88 valence electrons. The van der Waals surface area contributed by atoms with Crippen LogP contribution in [-0.4, -0.2) is 53.3 Å². The Morgan fingerprint density at radius 1 is 1.53 bits per heavy atom. The molecule has 0 unspecified atom stereocenters. The first-order valence-corrected chi connectivity index (χ1v) is 6.07. The van der Waals surface area contributed by atoms with Gasteiger partial charge in [0, 0.05) is 12.8 Å². The van der Waals surface area contributed by atoms with E-state index in [1.807, 2.05) is 6.26 Å². The highest BCUT2D eigenvalue weighted by molar-refractivity contribution is 7.98. The highest BCUT2D eigenvalue weighted by Crippen LogP contribution is 2.31. The third-order valence-corrected chi connectivity index (χ3v) is 2.83. The second kappa shape index (κ2) is 4.59. The second-order valence-electron chi connectivity index (χ2n) is 3.91. The molecule has 1 aliphatic rings. The van der Waals surface area contributed by atoms with Crippen LogP contribution in [0.5, 0.6) is 0 Å². The van der Waals surface area contributed by atoms with Gasteiger partial charge in [-0.15, -0.1) is 0 Å². The second-order valence-corrected chi connectivity index (χ2v) is 4.82. The van der Waals surface area contributed by atoms with Gasteiger partial charge in [-0.2, -0.15) is 11.8 Å².